The van der Waals surface area contributed by atoms with Crippen LogP contribution in [0, 0.1) is 6.92 Å². The van der Waals surface area contributed by atoms with Crippen LogP contribution in [0.25, 0.3) is 0 Å². The highest BCUT2D eigenvalue weighted by Crippen LogP contribution is 2.21. The lowest BCUT2D eigenvalue weighted by atomic mass is 10.1. The zero-order valence-electron chi connectivity index (χ0n) is 15.7. The van der Waals surface area contributed by atoms with Crippen molar-refractivity contribution in [3.8, 4) is 0 Å². The number of hydrogen-bond acceptors (Lipinski definition) is 5. The molecule has 1 heterocycles. The molecule has 0 saturated heterocycles. The second-order valence-corrected chi connectivity index (χ2v) is 8.43. The lowest BCUT2D eigenvalue weighted by Gasteiger charge is -2.11. The average molecular weight is 434 g/mol. The van der Waals surface area contributed by atoms with Crippen LogP contribution in [0.3, 0.4) is 0 Å². The van der Waals surface area contributed by atoms with E-state index in [-0.39, 0.29) is 4.90 Å². The average Bonchev–Trinajstić information content (AvgIpc) is 3.13. The van der Waals surface area contributed by atoms with E-state index < -0.39 is 15.9 Å². The smallest absolute Gasteiger partial charge is 0.261 e. The van der Waals surface area contributed by atoms with Crippen LogP contribution < -0.4 is 10.0 Å². The number of amides is 1. The number of halogens is 1. The number of benzene rings is 2. The van der Waals surface area contributed by atoms with Crippen LogP contribution >= 0.6 is 11.6 Å². The summed E-state index contributed by atoms with van der Waals surface area (Å²) < 4.78 is 32.7. The topological polar surface area (TPSA) is 101 Å². The van der Waals surface area contributed by atoms with Crippen LogP contribution in [0.1, 0.15) is 28.1 Å². The third kappa shape index (κ3) is 5.36. The van der Waals surface area contributed by atoms with E-state index in [4.69, 9.17) is 16.1 Å². The van der Waals surface area contributed by atoms with Gasteiger partial charge in [0.05, 0.1) is 16.8 Å². The first-order chi connectivity index (χ1) is 13.9. The highest BCUT2D eigenvalue weighted by molar-refractivity contribution is 7.92. The third-order valence-corrected chi connectivity index (χ3v) is 5.87. The Balaban J connectivity index is 1.72. The van der Waals surface area contributed by atoms with Crippen LogP contribution in [0.5, 0.6) is 0 Å². The number of sulfonamides is 1. The largest absolute Gasteiger partial charge is 0.361 e. The fraction of sp³-hybridized carbons (Fsp3) is 0.200. The molecule has 0 saturated carbocycles. The van der Waals surface area contributed by atoms with Crippen LogP contribution in [-0.4, -0.2) is 25.4 Å². The minimum atomic E-state index is -3.76. The molecule has 152 valence electrons. The van der Waals surface area contributed by atoms with Gasteiger partial charge in [-0.3, -0.25) is 9.52 Å². The second-order valence-electron chi connectivity index (χ2n) is 6.37. The fourth-order valence-electron chi connectivity index (χ4n) is 2.70. The van der Waals surface area contributed by atoms with Gasteiger partial charge in [-0.15, -0.1) is 11.6 Å². The number of hydrogen-bond donors (Lipinski definition) is 2. The number of aryl methyl sites for hydroxylation is 2. The maximum Gasteiger partial charge on any atom is 0.261 e. The third-order valence-electron chi connectivity index (χ3n) is 4.20. The summed E-state index contributed by atoms with van der Waals surface area (Å²) in [6, 6.07) is 13.1. The molecule has 0 aliphatic heterocycles. The Morgan fingerprint density at radius 3 is 2.52 bits per heavy atom. The molecule has 7 nitrogen and oxygen atoms in total. The first kappa shape index (κ1) is 20.9. The van der Waals surface area contributed by atoms with Gasteiger partial charge in [0.25, 0.3) is 15.9 Å². The highest BCUT2D eigenvalue weighted by atomic mass is 35.5. The van der Waals surface area contributed by atoms with Gasteiger partial charge in [-0.2, -0.15) is 0 Å². The summed E-state index contributed by atoms with van der Waals surface area (Å²) in [6.45, 7) is 1.63. The first-order valence-corrected chi connectivity index (χ1v) is 10.9. The van der Waals surface area contributed by atoms with E-state index in [0.29, 0.717) is 28.6 Å². The molecule has 29 heavy (non-hydrogen) atoms. The molecule has 3 rings (SSSR count). The Morgan fingerprint density at radius 1 is 1.14 bits per heavy atom. The SMILES string of the molecule is Cc1oncc1C(=O)Nc1cccc(NS(=O)(=O)c2ccc(CCCCl)cc2)c1. The minimum absolute atomic E-state index is 0.154. The number of carbonyl (C=O) groups excluding carboxylic acids is 1. The number of anilines is 2. The normalized spacial score (nSPS) is 11.2. The highest BCUT2D eigenvalue weighted by Gasteiger charge is 2.16. The summed E-state index contributed by atoms with van der Waals surface area (Å²) in [5.41, 5.74) is 2.10. The zero-order valence-corrected chi connectivity index (χ0v) is 17.3. The Hall–Kier alpha value is -2.84. The molecule has 2 N–H and O–H groups in total. The van der Waals surface area contributed by atoms with Gasteiger partial charge in [0.2, 0.25) is 0 Å². The molecule has 1 amide bonds. The summed E-state index contributed by atoms with van der Waals surface area (Å²) >= 11 is 5.69. The fourth-order valence-corrected chi connectivity index (χ4v) is 3.88. The maximum absolute atomic E-state index is 12.7. The van der Waals surface area contributed by atoms with Gasteiger partial charge in [0.15, 0.2) is 0 Å². The van der Waals surface area contributed by atoms with Crippen molar-refractivity contribution >= 4 is 38.9 Å². The molecular formula is C20H20ClN3O4S. The number of carbonyl (C=O) groups is 1. The summed E-state index contributed by atoms with van der Waals surface area (Å²) in [4.78, 5) is 12.4. The van der Waals surface area contributed by atoms with Crippen molar-refractivity contribution in [2.45, 2.75) is 24.7 Å². The quantitative estimate of drug-likeness (QED) is 0.518. The van der Waals surface area contributed by atoms with Crippen molar-refractivity contribution in [2.24, 2.45) is 0 Å². The molecule has 0 spiro atoms. The molecule has 0 bridgehead atoms. The van der Waals surface area contributed by atoms with Gasteiger partial charge < -0.3 is 9.84 Å². The molecule has 1 aromatic heterocycles. The Bertz CT molecular complexity index is 1090. The minimum Gasteiger partial charge on any atom is -0.361 e. The molecule has 2 aromatic carbocycles. The van der Waals surface area contributed by atoms with Crippen molar-refractivity contribution in [1.82, 2.24) is 5.16 Å². The van der Waals surface area contributed by atoms with E-state index in [9.17, 15) is 13.2 Å². The lowest BCUT2D eigenvalue weighted by Crippen LogP contribution is -2.14. The van der Waals surface area contributed by atoms with Crippen LogP contribution in [-0.2, 0) is 16.4 Å². The predicted molar refractivity (Wildman–Crippen MR) is 112 cm³/mol. The van der Waals surface area contributed by atoms with E-state index in [0.717, 1.165) is 18.4 Å². The molecule has 3 aromatic rings. The second kappa shape index (κ2) is 9.11. The summed E-state index contributed by atoms with van der Waals surface area (Å²) in [5, 5.41) is 6.27. The van der Waals surface area contributed by atoms with E-state index in [1.165, 1.54) is 12.3 Å². The Labute approximate surface area is 174 Å². The molecule has 0 fully saturated rings. The monoisotopic (exact) mass is 433 g/mol. The lowest BCUT2D eigenvalue weighted by molar-refractivity contribution is 0.102. The van der Waals surface area contributed by atoms with Gasteiger partial charge >= 0.3 is 0 Å². The van der Waals surface area contributed by atoms with E-state index in [1.54, 1.807) is 49.4 Å². The van der Waals surface area contributed by atoms with Gasteiger partial charge in [-0.1, -0.05) is 23.4 Å². The Morgan fingerprint density at radius 2 is 1.86 bits per heavy atom. The van der Waals surface area contributed by atoms with Crippen LogP contribution in [0.2, 0.25) is 0 Å². The van der Waals surface area contributed by atoms with E-state index in [1.807, 2.05) is 0 Å². The van der Waals surface area contributed by atoms with Crippen LogP contribution in [0.15, 0.2) is 64.1 Å². The molecule has 0 atom stereocenters. The van der Waals surface area contributed by atoms with Crippen molar-refractivity contribution < 1.29 is 17.7 Å². The molecule has 0 unspecified atom stereocenters. The molecular weight excluding hydrogens is 414 g/mol. The summed E-state index contributed by atoms with van der Waals surface area (Å²) in [6.07, 6.45) is 2.96. The van der Waals surface area contributed by atoms with Crippen LogP contribution in [0.4, 0.5) is 11.4 Å². The Kier molecular flexibility index (Phi) is 6.56. The van der Waals surface area contributed by atoms with Gasteiger partial charge in [0, 0.05) is 11.6 Å². The van der Waals surface area contributed by atoms with Gasteiger partial charge in [0.1, 0.15) is 11.3 Å². The van der Waals surface area contributed by atoms with Crippen molar-refractivity contribution in [3.05, 3.63) is 71.6 Å². The zero-order chi connectivity index (χ0) is 20.9. The number of nitrogens with zero attached hydrogens (tertiary/aromatic N) is 1. The number of aromatic nitrogens is 1. The molecule has 0 aliphatic rings. The van der Waals surface area contributed by atoms with Crippen molar-refractivity contribution in [3.63, 3.8) is 0 Å². The van der Waals surface area contributed by atoms with Gasteiger partial charge in [-0.05, 0) is 55.7 Å². The standard InChI is InChI=1S/C20H20ClN3O4S/c1-14-19(13-22-28-14)20(25)23-16-5-2-6-17(12-16)24-29(26,27)18-9-7-15(8-10-18)4-3-11-21/h2,5-10,12-13,24H,3-4,11H2,1H3,(H,23,25). The number of alkyl halides is 1. The number of nitrogens with one attached hydrogen (secondary N) is 2. The van der Waals surface area contributed by atoms with Crippen molar-refractivity contribution in [2.75, 3.05) is 15.9 Å². The summed E-state index contributed by atoms with van der Waals surface area (Å²) in [7, 11) is -3.76. The maximum atomic E-state index is 12.7. The van der Waals surface area contributed by atoms with E-state index >= 15 is 0 Å². The first-order valence-electron chi connectivity index (χ1n) is 8.89. The molecule has 9 heteroatoms. The molecule has 0 aliphatic carbocycles. The summed E-state index contributed by atoms with van der Waals surface area (Å²) in [5.74, 6) is 0.565. The van der Waals surface area contributed by atoms with Gasteiger partial charge in [-0.25, -0.2) is 8.42 Å². The molecule has 0 radical (unpaired) electrons. The van der Waals surface area contributed by atoms with E-state index in [2.05, 4.69) is 15.2 Å². The van der Waals surface area contributed by atoms with Crippen molar-refractivity contribution in [1.29, 1.82) is 0 Å². The number of rotatable bonds is 8. The predicted octanol–water partition coefficient (Wildman–Crippen LogP) is 4.21.